The van der Waals surface area contributed by atoms with Crippen molar-refractivity contribution in [3.8, 4) is 16.9 Å². The fourth-order valence-electron chi connectivity index (χ4n) is 2.98. The molecule has 0 radical (unpaired) electrons. The number of aromatic nitrogens is 5. The number of alkyl halides is 1. The Hall–Kier alpha value is -3.27. The van der Waals surface area contributed by atoms with Gasteiger partial charge in [0.15, 0.2) is 12.0 Å². The van der Waals surface area contributed by atoms with Gasteiger partial charge in [0.2, 0.25) is 0 Å². The lowest BCUT2D eigenvalue weighted by Crippen LogP contribution is -2.30. The van der Waals surface area contributed by atoms with E-state index >= 15 is 0 Å². The zero-order valence-corrected chi connectivity index (χ0v) is 17.0. The topological polar surface area (TPSA) is 113 Å². The number of nitrogens with zero attached hydrogens (tertiary/aromatic N) is 5. The normalized spacial score (nSPS) is 15.1. The molecule has 3 aromatic heterocycles. The van der Waals surface area contributed by atoms with Gasteiger partial charge in [-0.1, -0.05) is 0 Å². The van der Waals surface area contributed by atoms with Gasteiger partial charge in [-0.25, -0.2) is 19.3 Å². The van der Waals surface area contributed by atoms with E-state index in [0.717, 1.165) is 11.1 Å². The van der Waals surface area contributed by atoms with Gasteiger partial charge in [0.25, 0.3) is 0 Å². The predicted octanol–water partition coefficient (Wildman–Crippen LogP) is 3.45. The predicted molar refractivity (Wildman–Crippen MR) is 110 cm³/mol. The molecule has 0 aliphatic carbocycles. The van der Waals surface area contributed by atoms with Crippen LogP contribution in [-0.2, 0) is 4.74 Å². The fourth-order valence-corrected chi connectivity index (χ4v) is 2.98. The smallest absolute Gasteiger partial charge is 0.166 e. The lowest BCUT2D eigenvalue weighted by Gasteiger charge is -2.25. The van der Waals surface area contributed by atoms with Crippen molar-refractivity contribution in [2.45, 2.75) is 39.1 Å². The van der Waals surface area contributed by atoms with Crippen molar-refractivity contribution in [2.75, 3.05) is 24.3 Å². The van der Waals surface area contributed by atoms with E-state index in [1.807, 2.05) is 24.7 Å². The summed E-state index contributed by atoms with van der Waals surface area (Å²) in [5, 5.41) is 7.48. The standard InChI is InChI=1S/C20H24FN7O2/c1-11(2)30-16-4-18(26-19-5-17(22)25-20(27-19)12(3)21)23-7-15(16)13-6-24-28(8-13)14-9-29-10-14/h4-8,11-12,14H,9-10H2,1-3H3,(H3,22,23,25,26,27). The van der Waals surface area contributed by atoms with Gasteiger partial charge in [0.05, 0.1) is 31.6 Å². The van der Waals surface area contributed by atoms with E-state index < -0.39 is 6.17 Å². The molecule has 0 bridgehead atoms. The molecular weight excluding hydrogens is 389 g/mol. The number of nitrogen functional groups attached to an aromatic ring is 1. The first-order valence-electron chi connectivity index (χ1n) is 9.73. The van der Waals surface area contributed by atoms with Crippen molar-refractivity contribution < 1.29 is 13.9 Å². The molecule has 1 aliphatic rings. The highest BCUT2D eigenvalue weighted by Crippen LogP contribution is 2.33. The van der Waals surface area contributed by atoms with Gasteiger partial charge in [-0.15, -0.1) is 0 Å². The van der Waals surface area contributed by atoms with Crippen LogP contribution in [0.5, 0.6) is 5.75 Å². The summed E-state index contributed by atoms with van der Waals surface area (Å²) in [5.41, 5.74) is 7.49. The number of hydrogen-bond acceptors (Lipinski definition) is 8. The highest BCUT2D eigenvalue weighted by Gasteiger charge is 2.22. The first-order chi connectivity index (χ1) is 14.4. The zero-order valence-electron chi connectivity index (χ0n) is 17.0. The largest absolute Gasteiger partial charge is 0.490 e. The van der Waals surface area contributed by atoms with Crippen LogP contribution in [0.2, 0.25) is 0 Å². The minimum absolute atomic E-state index is 0.0140. The van der Waals surface area contributed by atoms with Gasteiger partial charge >= 0.3 is 0 Å². The van der Waals surface area contributed by atoms with Crippen LogP contribution in [0.1, 0.15) is 38.8 Å². The molecule has 4 rings (SSSR count). The van der Waals surface area contributed by atoms with E-state index in [1.54, 1.807) is 18.5 Å². The molecule has 3 N–H and O–H groups in total. The van der Waals surface area contributed by atoms with Crippen molar-refractivity contribution in [2.24, 2.45) is 0 Å². The maximum Gasteiger partial charge on any atom is 0.166 e. The molecule has 3 aromatic rings. The Balaban J connectivity index is 1.63. The minimum Gasteiger partial charge on any atom is -0.490 e. The number of nitrogens with two attached hydrogens (primary N) is 1. The molecule has 158 valence electrons. The van der Waals surface area contributed by atoms with Crippen molar-refractivity contribution in [1.82, 2.24) is 24.7 Å². The van der Waals surface area contributed by atoms with Gasteiger partial charge in [0, 0.05) is 35.7 Å². The molecule has 9 nitrogen and oxygen atoms in total. The Morgan fingerprint density at radius 3 is 2.67 bits per heavy atom. The van der Waals surface area contributed by atoms with Crippen LogP contribution < -0.4 is 15.8 Å². The third-order valence-electron chi connectivity index (χ3n) is 4.51. The summed E-state index contributed by atoms with van der Waals surface area (Å²) in [6, 6.07) is 3.56. The molecule has 0 spiro atoms. The third kappa shape index (κ3) is 4.33. The molecule has 1 aliphatic heterocycles. The first kappa shape index (κ1) is 20.0. The van der Waals surface area contributed by atoms with Crippen LogP contribution in [0, 0.1) is 0 Å². The van der Waals surface area contributed by atoms with Crippen LogP contribution >= 0.6 is 0 Å². The molecule has 0 saturated carbocycles. The number of pyridine rings is 1. The monoisotopic (exact) mass is 413 g/mol. The number of halogens is 1. The summed E-state index contributed by atoms with van der Waals surface area (Å²) in [7, 11) is 0. The van der Waals surface area contributed by atoms with Gasteiger partial charge < -0.3 is 20.5 Å². The second-order valence-corrected chi connectivity index (χ2v) is 7.41. The molecule has 30 heavy (non-hydrogen) atoms. The summed E-state index contributed by atoms with van der Waals surface area (Å²) in [6.07, 6.45) is 4.09. The summed E-state index contributed by atoms with van der Waals surface area (Å²) < 4.78 is 26.8. The Morgan fingerprint density at radius 1 is 1.20 bits per heavy atom. The molecule has 1 fully saturated rings. The van der Waals surface area contributed by atoms with E-state index in [4.69, 9.17) is 15.2 Å². The van der Waals surface area contributed by atoms with Crippen molar-refractivity contribution in [3.05, 3.63) is 36.5 Å². The fraction of sp³-hybridized carbons (Fsp3) is 0.400. The maximum absolute atomic E-state index is 13.6. The average Bonchev–Trinajstić information content (AvgIpc) is 3.08. The van der Waals surface area contributed by atoms with Crippen molar-refractivity contribution in [3.63, 3.8) is 0 Å². The van der Waals surface area contributed by atoms with Crippen LogP contribution in [-0.4, -0.2) is 44.1 Å². The average molecular weight is 413 g/mol. The zero-order chi connectivity index (χ0) is 21.3. The highest BCUT2D eigenvalue weighted by atomic mass is 19.1. The first-order valence-corrected chi connectivity index (χ1v) is 9.73. The number of rotatable bonds is 7. The minimum atomic E-state index is -1.33. The molecule has 1 saturated heterocycles. The molecular formula is C20H24FN7O2. The van der Waals surface area contributed by atoms with Gasteiger partial charge in [-0.2, -0.15) is 5.10 Å². The van der Waals surface area contributed by atoms with Crippen LogP contribution in [0.3, 0.4) is 0 Å². The Bertz CT molecular complexity index is 1030. The molecule has 4 heterocycles. The molecule has 1 unspecified atom stereocenters. The summed E-state index contributed by atoms with van der Waals surface area (Å²) in [5.74, 6) is 1.68. The Kier molecular flexibility index (Phi) is 5.49. The number of anilines is 3. The van der Waals surface area contributed by atoms with Crippen LogP contribution in [0.15, 0.2) is 30.7 Å². The SMILES string of the molecule is CC(C)Oc1cc(Nc2cc(N)nc(C(C)F)n2)ncc1-c1cnn(C2COC2)c1. The molecule has 0 amide bonds. The quantitative estimate of drug-likeness (QED) is 0.606. The van der Waals surface area contributed by atoms with E-state index in [0.29, 0.717) is 30.6 Å². The summed E-state index contributed by atoms with van der Waals surface area (Å²) in [4.78, 5) is 12.5. The maximum atomic E-state index is 13.6. The summed E-state index contributed by atoms with van der Waals surface area (Å²) >= 11 is 0. The van der Waals surface area contributed by atoms with Crippen molar-refractivity contribution in [1.29, 1.82) is 0 Å². The van der Waals surface area contributed by atoms with Gasteiger partial charge in [0.1, 0.15) is 23.2 Å². The lowest BCUT2D eigenvalue weighted by molar-refractivity contribution is -0.0286. The van der Waals surface area contributed by atoms with E-state index in [-0.39, 0.29) is 23.8 Å². The van der Waals surface area contributed by atoms with Crippen LogP contribution in [0.4, 0.5) is 21.8 Å². The molecule has 0 aromatic carbocycles. The van der Waals surface area contributed by atoms with E-state index in [9.17, 15) is 4.39 Å². The van der Waals surface area contributed by atoms with E-state index in [2.05, 4.69) is 25.4 Å². The number of nitrogens with one attached hydrogen (secondary N) is 1. The Labute approximate surface area is 173 Å². The molecule has 1 atom stereocenters. The van der Waals surface area contributed by atoms with Crippen molar-refractivity contribution >= 4 is 17.5 Å². The molecule has 10 heteroatoms. The second kappa shape index (κ2) is 8.23. The third-order valence-corrected chi connectivity index (χ3v) is 4.51. The van der Waals surface area contributed by atoms with Gasteiger partial charge in [-0.3, -0.25) is 4.68 Å². The lowest BCUT2D eigenvalue weighted by atomic mass is 10.1. The van der Waals surface area contributed by atoms with E-state index in [1.165, 1.54) is 13.0 Å². The highest BCUT2D eigenvalue weighted by molar-refractivity contribution is 5.71. The van der Waals surface area contributed by atoms with Gasteiger partial charge in [-0.05, 0) is 20.8 Å². The Morgan fingerprint density at radius 2 is 2.00 bits per heavy atom. The van der Waals surface area contributed by atoms with Crippen LogP contribution in [0.25, 0.3) is 11.1 Å². The second-order valence-electron chi connectivity index (χ2n) is 7.41. The summed E-state index contributed by atoms with van der Waals surface area (Å²) in [6.45, 7) is 6.59. The number of ether oxygens (including phenoxy) is 2. The number of hydrogen-bond donors (Lipinski definition) is 2.